The molecule has 132 valence electrons. The van der Waals surface area contributed by atoms with Crippen molar-refractivity contribution in [3.63, 3.8) is 0 Å². The normalized spacial score (nSPS) is 26.9. The van der Waals surface area contributed by atoms with E-state index in [0.29, 0.717) is 19.3 Å². The van der Waals surface area contributed by atoms with E-state index in [1.807, 2.05) is 0 Å². The van der Waals surface area contributed by atoms with Crippen molar-refractivity contribution < 1.29 is 19.1 Å². The smallest absolute Gasteiger partial charge is 0.313 e. The van der Waals surface area contributed by atoms with Crippen molar-refractivity contribution in [2.24, 2.45) is 5.92 Å². The lowest BCUT2D eigenvalue weighted by atomic mass is 9.87. The van der Waals surface area contributed by atoms with Gasteiger partial charge in [-0.2, -0.15) is 0 Å². The van der Waals surface area contributed by atoms with Crippen molar-refractivity contribution in [2.45, 2.75) is 70.4 Å². The van der Waals surface area contributed by atoms with E-state index in [2.05, 4.69) is 11.9 Å². The first kappa shape index (κ1) is 18.4. The number of nitrogens with zero attached hydrogens (tertiary/aromatic N) is 1. The SMILES string of the molecule is CCOC(=O)CC(=O)C1CCN(C)C(COC2CCCCC2)C1. The number of rotatable bonds is 7. The highest BCUT2D eigenvalue weighted by molar-refractivity contribution is 5.96. The molecule has 2 unspecified atom stereocenters. The van der Waals surface area contributed by atoms with E-state index in [0.717, 1.165) is 19.4 Å². The van der Waals surface area contributed by atoms with Gasteiger partial charge in [-0.25, -0.2) is 0 Å². The molecule has 0 bridgehead atoms. The number of Topliss-reactive ketones (excluding diaryl/α,β-unsaturated/α-hetero) is 1. The van der Waals surface area contributed by atoms with Gasteiger partial charge in [-0.15, -0.1) is 0 Å². The van der Waals surface area contributed by atoms with E-state index in [1.165, 1.54) is 32.1 Å². The molecule has 0 amide bonds. The number of carbonyl (C=O) groups excluding carboxylic acids is 2. The molecule has 1 aliphatic carbocycles. The summed E-state index contributed by atoms with van der Waals surface area (Å²) >= 11 is 0. The van der Waals surface area contributed by atoms with Gasteiger partial charge in [-0.1, -0.05) is 19.3 Å². The minimum absolute atomic E-state index is 0.0271. The maximum absolute atomic E-state index is 12.3. The lowest BCUT2D eigenvalue weighted by Gasteiger charge is -2.37. The Hall–Kier alpha value is -0.940. The number of likely N-dealkylation sites (tertiary alicyclic amines) is 1. The summed E-state index contributed by atoms with van der Waals surface area (Å²) in [5.41, 5.74) is 0. The van der Waals surface area contributed by atoms with Crippen LogP contribution in [0.2, 0.25) is 0 Å². The van der Waals surface area contributed by atoms with Gasteiger partial charge in [-0.05, 0) is 46.2 Å². The van der Waals surface area contributed by atoms with Gasteiger partial charge < -0.3 is 14.4 Å². The Morgan fingerprint density at radius 2 is 1.87 bits per heavy atom. The molecule has 2 aliphatic rings. The molecule has 1 aliphatic heterocycles. The number of piperidine rings is 1. The van der Waals surface area contributed by atoms with Crippen LogP contribution in [0.25, 0.3) is 0 Å². The Balaban J connectivity index is 1.78. The Morgan fingerprint density at radius 3 is 2.57 bits per heavy atom. The Morgan fingerprint density at radius 1 is 1.13 bits per heavy atom. The van der Waals surface area contributed by atoms with Crippen LogP contribution in [-0.4, -0.2) is 55.6 Å². The van der Waals surface area contributed by atoms with Crippen molar-refractivity contribution >= 4 is 11.8 Å². The Kier molecular flexibility index (Phi) is 7.50. The van der Waals surface area contributed by atoms with Gasteiger partial charge in [0.25, 0.3) is 0 Å². The predicted octanol–water partition coefficient (Wildman–Crippen LogP) is 2.57. The van der Waals surface area contributed by atoms with Crippen LogP contribution in [0.1, 0.15) is 58.3 Å². The van der Waals surface area contributed by atoms with Gasteiger partial charge in [0, 0.05) is 12.0 Å². The molecule has 1 saturated carbocycles. The minimum atomic E-state index is -0.397. The summed E-state index contributed by atoms with van der Waals surface area (Å²) in [5.74, 6) is -0.402. The van der Waals surface area contributed by atoms with Crippen LogP contribution >= 0.6 is 0 Å². The third-order valence-electron chi connectivity index (χ3n) is 5.17. The number of esters is 1. The second-order valence-corrected chi connectivity index (χ2v) is 6.90. The zero-order chi connectivity index (χ0) is 16.7. The van der Waals surface area contributed by atoms with Crippen LogP contribution in [0.4, 0.5) is 0 Å². The van der Waals surface area contributed by atoms with Crippen LogP contribution in [0.3, 0.4) is 0 Å². The summed E-state index contributed by atoms with van der Waals surface area (Å²) in [6, 6.07) is 0.279. The summed E-state index contributed by atoms with van der Waals surface area (Å²) in [4.78, 5) is 26.1. The number of hydrogen-bond acceptors (Lipinski definition) is 5. The molecule has 0 aromatic heterocycles. The van der Waals surface area contributed by atoms with Crippen LogP contribution in [0.5, 0.6) is 0 Å². The molecule has 1 saturated heterocycles. The predicted molar refractivity (Wildman–Crippen MR) is 88.2 cm³/mol. The van der Waals surface area contributed by atoms with Crippen LogP contribution in [-0.2, 0) is 19.1 Å². The molecule has 0 aromatic rings. The van der Waals surface area contributed by atoms with E-state index in [4.69, 9.17) is 9.47 Å². The van der Waals surface area contributed by atoms with Gasteiger partial charge in [-0.3, -0.25) is 9.59 Å². The summed E-state index contributed by atoms with van der Waals surface area (Å²) < 4.78 is 11.0. The molecular formula is C18H31NO4. The van der Waals surface area contributed by atoms with E-state index < -0.39 is 5.97 Å². The fourth-order valence-electron chi connectivity index (χ4n) is 3.63. The fraction of sp³-hybridized carbons (Fsp3) is 0.889. The molecule has 5 nitrogen and oxygen atoms in total. The summed E-state index contributed by atoms with van der Waals surface area (Å²) in [6.07, 6.45) is 8.14. The van der Waals surface area contributed by atoms with Gasteiger partial charge in [0.15, 0.2) is 0 Å². The molecular weight excluding hydrogens is 294 g/mol. The van der Waals surface area contributed by atoms with E-state index >= 15 is 0 Å². The largest absolute Gasteiger partial charge is 0.466 e. The van der Waals surface area contributed by atoms with Crippen LogP contribution in [0.15, 0.2) is 0 Å². The first-order chi connectivity index (χ1) is 11.1. The average Bonchev–Trinajstić information content (AvgIpc) is 2.55. The molecule has 2 fully saturated rings. The highest BCUT2D eigenvalue weighted by Crippen LogP contribution is 2.26. The molecule has 2 atom stereocenters. The summed E-state index contributed by atoms with van der Waals surface area (Å²) in [7, 11) is 2.10. The monoisotopic (exact) mass is 325 g/mol. The Labute approximate surface area is 139 Å². The molecule has 0 spiro atoms. The third kappa shape index (κ3) is 5.88. The van der Waals surface area contributed by atoms with Crippen molar-refractivity contribution in [1.82, 2.24) is 4.90 Å². The second-order valence-electron chi connectivity index (χ2n) is 6.90. The van der Waals surface area contributed by atoms with Gasteiger partial charge in [0.2, 0.25) is 0 Å². The van der Waals surface area contributed by atoms with Crippen LogP contribution in [0, 0.1) is 5.92 Å². The molecule has 0 N–H and O–H groups in total. The van der Waals surface area contributed by atoms with Crippen LogP contribution < -0.4 is 0 Å². The Bertz CT molecular complexity index is 392. The highest BCUT2D eigenvalue weighted by Gasteiger charge is 2.32. The lowest BCUT2D eigenvalue weighted by Crippen LogP contribution is -2.45. The molecule has 2 rings (SSSR count). The topological polar surface area (TPSA) is 55.8 Å². The van der Waals surface area contributed by atoms with Crippen molar-refractivity contribution in [1.29, 1.82) is 0 Å². The number of hydrogen-bond donors (Lipinski definition) is 0. The first-order valence-corrected chi connectivity index (χ1v) is 9.10. The van der Waals surface area contributed by atoms with Crippen molar-refractivity contribution in [2.75, 3.05) is 26.8 Å². The number of carbonyl (C=O) groups is 2. The van der Waals surface area contributed by atoms with Gasteiger partial charge in [0.1, 0.15) is 12.2 Å². The zero-order valence-electron chi connectivity index (χ0n) is 14.6. The minimum Gasteiger partial charge on any atom is -0.466 e. The highest BCUT2D eigenvalue weighted by atomic mass is 16.5. The second kappa shape index (κ2) is 9.38. The molecule has 1 heterocycles. The molecule has 0 aromatic carbocycles. The molecule has 5 heteroatoms. The zero-order valence-corrected chi connectivity index (χ0v) is 14.6. The molecule has 23 heavy (non-hydrogen) atoms. The lowest BCUT2D eigenvalue weighted by molar-refractivity contribution is -0.146. The van der Waals surface area contributed by atoms with E-state index in [9.17, 15) is 9.59 Å². The van der Waals surface area contributed by atoms with E-state index in [1.54, 1.807) is 6.92 Å². The van der Waals surface area contributed by atoms with Gasteiger partial charge in [0.05, 0.1) is 19.3 Å². The summed E-state index contributed by atoms with van der Waals surface area (Å²) in [5, 5.41) is 0. The quantitative estimate of drug-likeness (QED) is 0.532. The number of likely N-dealkylation sites (N-methyl/N-ethyl adjacent to an activating group) is 1. The number of ketones is 1. The maximum atomic E-state index is 12.3. The average molecular weight is 325 g/mol. The van der Waals surface area contributed by atoms with Crippen molar-refractivity contribution in [3.8, 4) is 0 Å². The fourth-order valence-corrected chi connectivity index (χ4v) is 3.63. The summed E-state index contributed by atoms with van der Waals surface area (Å²) in [6.45, 7) is 3.68. The first-order valence-electron chi connectivity index (χ1n) is 9.10. The maximum Gasteiger partial charge on any atom is 0.313 e. The third-order valence-corrected chi connectivity index (χ3v) is 5.17. The van der Waals surface area contributed by atoms with E-state index in [-0.39, 0.29) is 24.2 Å². The van der Waals surface area contributed by atoms with Crippen molar-refractivity contribution in [3.05, 3.63) is 0 Å². The van der Waals surface area contributed by atoms with Gasteiger partial charge >= 0.3 is 5.97 Å². The standard InChI is InChI=1S/C18H31NO4/c1-3-22-18(21)12-17(20)14-9-10-19(2)15(11-14)13-23-16-7-5-4-6-8-16/h14-16H,3-13H2,1-2H3. The molecule has 0 radical (unpaired) electrons. The number of ether oxygens (including phenoxy) is 2.